The quantitative estimate of drug-likeness (QED) is 0.242. The molecular formula is C24H34O10. The van der Waals surface area contributed by atoms with Gasteiger partial charge in [-0.25, -0.2) is 0 Å². The summed E-state index contributed by atoms with van der Waals surface area (Å²) >= 11 is 0. The molecule has 2 N–H and O–H groups in total. The van der Waals surface area contributed by atoms with Crippen LogP contribution in [0.2, 0.25) is 0 Å². The van der Waals surface area contributed by atoms with Gasteiger partial charge in [0, 0.05) is 20.3 Å². The maximum absolute atomic E-state index is 12.6. The van der Waals surface area contributed by atoms with Gasteiger partial charge in [0.25, 0.3) is 0 Å². The van der Waals surface area contributed by atoms with Crippen molar-refractivity contribution in [2.75, 3.05) is 13.2 Å². The topological polar surface area (TPSA) is 141 Å². The number of epoxide rings is 1. The molecule has 3 fully saturated rings. The molecule has 10 nitrogen and oxygen atoms in total. The molecule has 4 rings (SSSR count). The number of esters is 3. The third-order valence-electron chi connectivity index (χ3n) is 8.00. The third kappa shape index (κ3) is 3.66. The maximum Gasteiger partial charge on any atom is 0.309 e. The zero-order valence-corrected chi connectivity index (χ0v) is 20.5. The van der Waals surface area contributed by atoms with Gasteiger partial charge in [0.2, 0.25) is 0 Å². The summed E-state index contributed by atoms with van der Waals surface area (Å²) in [7, 11) is 0. The third-order valence-corrected chi connectivity index (χ3v) is 8.00. The standard InChI is InChI=1S/C24H34O10/c1-12-7-16-23(10-30-13(2)25,8-15(12)33-17(27)9-21(4,5)29)22(6)19(32-14(3)26)18(28)20(34-16)24(22)11-31-24/h7,15-16,18-20,28-29H,8-11H2,1-6H3/t15?,16-,18?,19?,20-,22-,23-,24+/m1/s1. The molecule has 4 aliphatic rings. The number of aliphatic hydroxyl groups excluding tert-OH is 1. The second-order valence-corrected chi connectivity index (χ2v) is 10.9. The fourth-order valence-electron chi connectivity index (χ4n) is 6.27. The van der Waals surface area contributed by atoms with Crippen molar-refractivity contribution in [1.29, 1.82) is 0 Å². The monoisotopic (exact) mass is 482 g/mol. The van der Waals surface area contributed by atoms with Crippen LogP contribution in [-0.4, -0.2) is 83.1 Å². The summed E-state index contributed by atoms with van der Waals surface area (Å²) in [4.78, 5) is 36.5. The van der Waals surface area contributed by atoms with E-state index in [9.17, 15) is 24.6 Å². The molecule has 0 aromatic carbocycles. The van der Waals surface area contributed by atoms with Gasteiger partial charge in [0.15, 0.2) is 0 Å². The molecule has 190 valence electrons. The molecule has 0 aromatic rings. The van der Waals surface area contributed by atoms with Crippen LogP contribution in [0.1, 0.15) is 54.4 Å². The van der Waals surface area contributed by atoms with Crippen LogP contribution in [0.25, 0.3) is 0 Å². The molecule has 10 heteroatoms. The Balaban J connectivity index is 1.78. The van der Waals surface area contributed by atoms with E-state index in [0.717, 1.165) is 5.57 Å². The van der Waals surface area contributed by atoms with Crippen molar-refractivity contribution in [2.45, 2.75) is 96.1 Å². The van der Waals surface area contributed by atoms with Gasteiger partial charge < -0.3 is 33.9 Å². The van der Waals surface area contributed by atoms with Crippen molar-refractivity contribution in [1.82, 2.24) is 0 Å². The van der Waals surface area contributed by atoms with E-state index in [0.29, 0.717) is 0 Å². The summed E-state index contributed by atoms with van der Waals surface area (Å²) in [6, 6.07) is 0. The molecule has 1 spiro atoms. The van der Waals surface area contributed by atoms with Gasteiger partial charge in [-0.15, -0.1) is 0 Å². The average Bonchev–Trinajstić information content (AvgIpc) is 3.47. The Morgan fingerprint density at radius 3 is 2.38 bits per heavy atom. The first-order valence-corrected chi connectivity index (χ1v) is 11.6. The van der Waals surface area contributed by atoms with Crippen LogP contribution in [-0.2, 0) is 38.1 Å². The molecule has 2 aliphatic heterocycles. The fourth-order valence-corrected chi connectivity index (χ4v) is 6.27. The van der Waals surface area contributed by atoms with Gasteiger partial charge in [-0.3, -0.25) is 14.4 Å². The molecule has 8 atom stereocenters. The van der Waals surface area contributed by atoms with Crippen LogP contribution in [0.15, 0.2) is 11.6 Å². The first-order chi connectivity index (χ1) is 15.7. The zero-order valence-electron chi connectivity index (χ0n) is 20.5. The minimum atomic E-state index is -1.24. The Bertz CT molecular complexity index is 915. The van der Waals surface area contributed by atoms with Crippen LogP contribution in [0.5, 0.6) is 0 Å². The summed E-state index contributed by atoms with van der Waals surface area (Å²) < 4.78 is 29.2. The zero-order chi connectivity index (χ0) is 25.3. The highest BCUT2D eigenvalue weighted by Gasteiger charge is 2.86. The van der Waals surface area contributed by atoms with Crippen molar-refractivity contribution < 1.29 is 48.3 Å². The Morgan fingerprint density at radius 2 is 1.85 bits per heavy atom. The Hall–Kier alpha value is -2.01. The molecule has 2 bridgehead atoms. The van der Waals surface area contributed by atoms with Crippen molar-refractivity contribution in [3.63, 3.8) is 0 Å². The lowest BCUT2D eigenvalue weighted by atomic mass is 9.51. The molecule has 0 amide bonds. The van der Waals surface area contributed by atoms with Gasteiger partial charge in [-0.1, -0.05) is 13.0 Å². The minimum Gasteiger partial charge on any atom is -0.465 e. The van der Waals surface area contributed by atoms with E-state index in [4.69, 9.17) is 23.7 Å². The summed E-state index contributed by atoms with van der Waals surface area (Å²) in [5, 5.41) is 21.2. The number of carbonyl (C=O) groups is 3. The smallest absolute Gasteiger partial charge is 0.309 e. The van der Waals surface area contributed by atoms with E-state index in [1.807, 2.05) is 19.9 Å². The molecule has 1 saturated carbocycles. The molecule has 2 saturated heterocycles. The summed E-state index contributed by atoms with van der Waals surface area (Å²) in [6.07, 6.45) is -2.40. The number of fused-ring (bicyclic) bond motifs is 2. The Kier molecular flexibility index (Phi) is 5.91. The first-order valence-electron chi connectivity index (χ1n) is 11.6. The van der Waals surface area contributed by atoms with Crippen molar-refractivity contribution in [3.8, 4) is 0 Å². The number of hydrogen-bond acceptors (Lipinski definition) is 10. The normalized spacial score (nSPS) is 42.5. The molecule has 0 radical (unpaired) electrons. The highest BCUT2D eigenvalue weighted by Crippen LogP contribution is 2.72. The van der Waals surface area contributed by atoms with Gasteiger partial charge >= 0.3 is 17.9 Å². The van der Waals surface area contributed by atoms with E-state index in [2.05, 4.69) is 0 Å². The van der Waals surface area contributed by atoms with E-state index >= 15 is 0 Å². The predicted octanol–water partition coefficient (Wildman–Crippen LogP) is 0.808. The van der Waals surface area contributed by atoms with Crippen LogP contribution in [0.3, 0.4) is 0 Å². The summed E-state index contributed by atoms with van der Waals surface area (Å²) in [5.74, 6) is -1.65. The predicted molar refractivity (Wildman–Crippen MR) is 115 cm³/mol. The van der Waals surface area contributed by atoms with E-state index in [-0.39, 0.29) is 26.1 Å². The van der Waals surface area contributed by atoms with Crippen LogP contribution in [0.4, 0.5) is 0 Å². The number of carbonyl (C=O) groups excluding carboxylic acids is 3. The van der Waals surface area contributed by atoms with E-state index in [1.165, 1.54) is 27.7 Å². The van der Waals surface area contributed by atoms with Gasteiger partial charge in [-0.05, 0) is 26.3 Å². The van der Waals surface area contributed by atoms with E-state index in [1.54, 1.807) is 0 Å². The first kappa shape index (κ1) is 25.1. The van der Waals surface area contributed by atoms with E-state index < -0.39 is 70.5 Å². The second kappa shape index (κ2) is 8.01. The Labute approximate surface area is 198 Å². The van der Waals surface area contributed by atoms with Crippen molar-refractivity contribution in [3.05, 3.63) is 11.6 Å². The lowest BCUT2D eigenvalue weighted by Gasteiger charge is -2.58. The Morgan fingerprint density at radius 1 is 1.21 bits per heavy atom. The van der Waals surface area contributed by atoms with Crippen molar-refractivity contribution in [2.24, 2.45) is 10.8 Å². The van der Waals surface area contributed by atoms with Gasteiger partial charge in [0.1, 0.15) is 36.6 Å². The molecule has 2 heterocycles. The van der Waals surface area contributed by atoms with Gasteiger partial charge in [-0.2, -0.15) is 0 Å². The average molecular weight is 483 g/mol. The number of aliphatic hydroxyl groups is 2. The lowest BCUT2D eigenvalue weighted by Crippen LogP contribution is -2.68. The van der Waals surface area contributed by atoms with Crippen LogP contribution >= 0.6 is 0 Å². The maximum atomic E-state index is 12.6. The molecule has 2 aliphatic carbocycles. The summed E-state index contributed by atoms with van der Waals surface area (Å²) in [6.45, 7) is 9.43. The molecule has 34 heavy (non-hydrogen) atoms. The number of hydrogen-bond donors (Lipinski definition) is 2. The number of rotatable bonds is 6. The highest BCUT2D eigenvalue weighted by molar-refractivity contribution is 5.71. The molecular weight excluding hydrogens is 448 g/mol. The van der Waals surface area contributed by atoms with Crippen LogP contribution < -0.4 is 0 Å². The fraction of sp³-hybridized carbons (Fsp3) is 0.792. The molecule has 0 aromatic heterocycles. The van der Waals surface area contributed by atoms with Gasteiger partial charge in [0.05, 0.1) is 35.6 Å². The summed E-state index contributed by atoms with van der Waals surface area (Å²) in [5.41, 5.74) is -3.50. The largest absolute Gasteiger partial charge is 0.465 e. The van der Waals surface area contributed by atoms with Crippen molar-refractivity contribution >= 4 is 17.9 Å². The second-order valence-electron chi connectivity index (χ2n) is 10.9. The highest BCUT2D eigenvalue weighted by atomic mass is 16.7. The number of ether oxygens (including phenoxy) is 5. The van der Waals surface area contributed by atoms with Crippen LogP contribution in [0, 0.1) is 10.8 Å². The SMILES string of the molecule is CC(=O)OC[C@]12CC(OC(=O)CC(C)(C)O)C(C)=C[C@H]1O[C@@H]1C(O)C(OC(C)=O)[C@@]2(C)[C@]12CO2. The lowest BCUT2D eigenvalue weighted by molar-refractivity contribution is -0.241. The minimum absolute atomic E-state index is 0.116. The molecule has 3 unspecified atom stereocenters.